The van der Waals surface area contributed by atoms with Crippen molar-refractivity contribution in [2.75, 3.05) is 25.0 Å². The number of methoxy groups -OCH3 is 1. The molecule has 14 nitrogen and oxygen atoms in total. The van der Waals surface area contributed by atoms with Gasteiger partial charge in [-0.3, -0.25) is 24.6 Å². The second-order valence-corrected chi connectivity index (χ2v) is 9.28. The lowest BCUT2D eigenvalue weighted by Gasteiger charge is -2.15. The van der Waals surface area contributed by atoms with Gasteiger partial charge in [-0.15, -0.1) is 0 Å². The van der Waals surface area contributed by atoms with E-state index in [2.05, 4.69) is 15.5 Å². The van der Waals surface area contributed by atoms with Crippen molar-refractivity contribution in [2.45, 2.75) is 24.5 Å². The number of carbonyl (C=O) groups is 2. The van der Waals surface area contributed by atoms with Gasteiger partial charge in [0.15, 0.2) is 0 Å². The lowest BCUT2D eigenvalue weighted by Crippen LogP contribution is -2.37. The number of benzene rings is 1. The van der Waals surface area contributed by atoms with E-state index in [4.69, 9.17) is 42.2 Å². The Kier molecular flexibility index (Phi) is 12.0. The molecule has 39 heavy (non-hydrogen) atoms. The zero-order chi connectivity index (χ0) is 30.0. The molecule has 0 bridgehead atoms. The molecule has 0 aliphatic heterocycles. The first kappa shape index (κ1) is 33.0. The van der Waals surface area contributed by atoms with Crippen molar-refractivity contribution in [1.82, 2.24) is 15.4 Å². The van der Waals surface area contributed by atoms with E-state index in [0.717, 1.165) is 4.57 Å². The Labute approximate surface area is 224 Å². The number of nitrogens with one attached hydrogen (secondary N) is 4. The summed E-state index contributed by atoms with van der Waals surface area (Å²) in [6, 6.07) is 6.87. The van der Waals surface area contributed by atoms with Gasteiger partial charge < -0.3 is 25.5 Å². The van der Waals surface area contributed by atoms with Gasteiger partial charge in [0.1, 0.15) is 22.9 Å². The van der Waals surface area contributed by atoms with E-state index < -0.39 is 33.6 Å². The lowest BCUT2D eigenvalue weighted by atomic mass is 10.3. The second-order valence-electron chi connectivity index (χ2n) is 7.20. The van der Waals surface area contributed by atoms with E-state index in [1.165, 1.54) is 37.4 Å². The minimum Gasteiger partial charge on any atom is -0.495 e. The molecule has 0 atom stereocenters. The van der Waals surface area contributed by atoms with Crippen LogP contribution in [0.15, 0.2) is 40.0 Å². The minimum absolute atomic E-state index is 0.0283. The van der Waals surface area contributed by atoms with Gasteiger partial charge in [-0.2, -0.15) is 13.2 Å². The van der Waals surface area contributed by atoms with E-state index in [9.17, 15) is 31.2 Å². The number of guanidine groups is 1. The number of rotatable bonds is 10. The van der Waals surface area contributed by atoms with Crippen LogP contribution in [0.25, 0.3) is 0 Å². The molecule has 0 saturated heterocycles. The van der Waals surface area contributed by atoms with Gasteiger partial charge in [-0.05, 0) is 37.3 Å². The molecular weight excluding hydrogens is 577 g/mol. The molecule has 0 radical (unpaired) electrons. The first-order valence-electron chi connectivity index (χ1n) is 10.3. The van der Waals surface area contributed by atoms with Gasteiger partial charge in [-0.25, -0.2) is 18.7 Å². The van der Waals surface area contributed by atoms with E-state index >= 15 is 0 Å². The molecular formula is C20H24ClF3N6O8S. The molecule has 1 amide bonds. The van der Waals surface area contributed by atoms with Crippen molar-refractivity contribution < 1.29 is 45.9 Å². The second kappa shape index (κ2) is 14.2. The predicted molar refractivity (Wildman–Crippen MR) is 132 cm³/mol. The maximum atomic E-state index is 12.8. The van der Waals surface area contributed by atoms with E-state index in [1.807, 2.05) is 0 Å². The summed E-state index contributed by atoms with van der Waals surface area (Å²) < 4.78 is 65.8. The number of pyridine rings is 1. The fraction of sp³-hybridized carbons (Fsp3) is 0.300. The first-order chi connectivity index (χ1) is 18.0. The minimum atomic E-state index is -5.08. The van der Waals surface area contributed by atoms with Crippen LogP contribution in [-0.4, -0.2) is 62.4 Å². The highest BCUT2D eigenvalue weighted by atomic mass is 35.5. The van der Waals surface area contributed by atoms with Gasteiger partial charge in [0.05, 0.1) is 13.7 Å². The Morgan fingerprint density at radius 1 is 1.23 bits per heavy atom. The largest absolute Gasteiger partial charge is 0.495 e. The van der Waals surface area contributed by atoms with Crippen molar-refractivity contribution in [3.63, 3.8) is 0 Å². The lowest BCUT2D eigenvalue weighted by molar-refractivity contribution is -0.192. The average molecular weight is 601 g/mol. The fourth-order valence-corrected chi connectivity index (χ4v) is 4.06. The number of carboxylic acid groups (broad SMARTS) is 1. The topological polar surface area (TPSA) is 215 Å². The van der Waals surface area contributed by atoms with Crippen molar-refractivity contribution in [3.05, 3.63) is 51.4 Å². The summed E-state index contributed by atoms with van der Waals surface area (Å²) in [5, 5.41) is 16.8. The van der Waals surface area contributed by atoms with E-state index in [-0.39, 0.29) is 47.0 Å². The van der Waals surface area contributed by atoms with Crippen LogP contribution in [0, 0.1) is 12.3 Å². The molecule has 0 fully saturated rings. The number of aliphatic carboxylic acids is 1. The molecule has 2 rings (SSSR count). The average Bonchev–Trinajstić information content (AvgIpc) is 2.83. The third kappa shape index (κ3) is 10.7. The summed E-state index contributed by atoms with van der Waals surface area (Å²) in [6.45, 7) is 1.38. The molecule has 7 N–H and O–H groups in total. The monoisotopic (exact) mass is 600 g/mol. The number of nitrogens with zero attached hydrogens (tertiary/aromatic N) is 1. The standard InChI is InChI=1S/C18H23ClN6O6S.C2HF3O2/c1-11-3-5-13(24-32(28,29)15-9-12(19)4-6-14(15)30-2)17(27)25(11)10-16(26)22-7-8-31-23-18(20)21;3-2(4,5)1(6)7/h3-6,9,24H,7-8,10H2,1-2H3,(H,22,26)(H4,20,21,23);(H,6,7). The summed E-state index contributed by atoms with van der Waals surface area (Å²) in [6.07, 6.45) is -5.08. The van der Waals surface area contributed by atoms with Gasteiger partial charge in [0.2, 0.25) is 11.9 Å². The number of aromatic nitrogens is 1. The van der Waals surface area contributed by atoms with Crippen molar-refractivity contribution in [1.29, 1.82) is 5.41 Å². The van der Waals surface area contributed by atoms with Gasteiger partial charge in [0, 0.05) is 17.3 Å². The number of alkyl halides is 3. The van der Waals surface area contributed by atoms with Gasteiger partial charge in [0.25, 0.3) is 15.6 Å². The van der Waals surface area contributed by atoms with Crippen LogP contribution in [0.2, 0.25) is 5.02 Å². The SMILES string of the molecule is COc1ccc(Cl)cc1S(=O)(=O)Nc1ccc(C)n(CC(=O)NCCONC(=N)N)c1=O.O=C(O)C(F)(F)F. The number of carbonyl (C=O) groups excluding carboxylic acids is 1. The highest BCUT2D eigenvalue weighted by Gasteiger charge is 2.38. The fourth-order valence-electron chi connectivity index (χ4n) is 2.57. The quantitative estimate of drug-likeness (QED) is 0.0975. The van der Waals surface area contributed by atoms with Crippen LogP contribution in [-0.2, 0) is 31.0 Å². The van der Waals surface area contributed by atoms with Crippen LogP contribution in [0.4, 0.5) is 18.9 Å². The van der Waals surface area contributed by atoms with Gasteiger partial charge in [-0.1, -0.05) is 11.6 Å². The molecule has 19 heteroatoms. The summed E-state index contributed by atoms with van der Waals surface area (Å²) in [5.74, 6) is -3.59. The zero-order valence-corrected chi connectivity index (χ0v) is 21.8. The number of hydrogen-bond donors (Lipinski definition) is 6. The first-order valence-corrected chi connectivity index (χ1v) is 12.2. The van der Waals surface area contributed by atoms with Crippen LogP contribution in [0.1, 0.15) is 5.69 Å². The highest BCUT2D eigenvalue weighted by Crippen LogP contribution is 2.28. The van der Waals surface area contributed by atoms with Crippen LogP contribution in [0.5, 0.6) is 5.75 Å². The Bertz CT molecular complexity index is 1370. The molecule has 0 aliphatic carbocycles. The number of halogens is 4. The number of sulfonamides is 1. The maximum Gasteiger partial charge on any atom is 0.490 e. The number of hydrogen-bond acceptors (Lipinski definition) is 8. The molecule has 0 aliphatic rings. The Morgan fingerprint density at radius 2 is 1.85 bits per heavy atom. The van der Waals surface area contributed by atoms with Crippen molar-refractivity contribution >= 4 is 45.1 Å². The van der Waals surface area contributed by atoms with E-state index in [0.29, 0.717) is 5.69 Å². The number of aryl methyl sites for hydroxylation is 1. The molecule has 2 aromatic rings. The van der Waals surface area contributed by atoms with Crippen LogP contribution < -0.4 is 31.5 Å². The number of hydroxylamine groups is 1. The maximum absolute atomic E-state index is 12.8. The van der Waals surface area contributed by atoms with Crippen molar-refractivity contribution in [2.24, 2.45) is 5.73 Å². The normalized spacial score (nSPS) is 11.0. The van der Waals surface area contributed by atoms with E-state index in [1.54, 1.807) is 6.92 Å². The molecule has 0 saturated carbocycles. The summed E-state index contributed by atoms with van der Waals surface area (Å²) in [4.78, 5) is 38.5. The molecule has 1 aromatic carbocycles. The number of anilines is 1. The number of ether oxygens (including phenoxy) is 1. The highest BCUT2D eigenvalue weighted by molar-refractivity contribution is 7.92. The third-order valence-electron chi connectivity index (χ3n) is 4.30. The summed E-state index contributed by atoms with van der Waals surface area (Å²) in [7, 11) is -2.90. The number of nitrogens with two attached hydrogens (primary N) is 1. The molecule has 0 spiro atoms. The zero-order valence-electron chi connectivity index (χ0n) is 20.3. The van der Waals surface area contributed by atoms with Crippen LogP contribution >= 0.6 is 11.6 Å². The molecule has 1 aromatic heterocycles. The smallest absolute Gasteiger partial charge is 0.490 e. The molecule has 216 valence electrons. The summed E-state index contributed by atoms with van der Waals surface area (Å²) >= 11 is 5.91. The van der Waals surface area contributed by atoms with Gasteiger partial charge >= 0.3 is 12.1 Å². The Morgan fingerprint density at radius 3 is 2.38 bits per heavy atom. The number of amides is 1. The summed E-state index contributed by atoms with van der Waals surface area (Å²) in [5.41, 5.74) is 6.65. The predicted octanol–water partition coefficient (Wildman–Crippen LogP) is 0.784. The third-order valence-corrected chi connectivity index (χ3v) is 5.93. The molecule has 0 unspecified atom stereocenters. The number of carboxylic acids is 1. The Balaban J connectivity index is 0.000000956. The van der Waals surface area contributed by atoms with Crippen molar-refractivity contribution in [3.8, 4) is 5.75 Å². The van der Waals surface area contributed by atoms with Crippen LogP contribution in [0.3, 0.4) is 0 Å². The molecule has 1 heterocycles. The Hall–Kier alpha value is -4.03.